The van der Waals surface area contributed by atoms with Crippen LogP contribution in [0.3, 0.4) is 0 Å². The van der Waals surface area contributed by atoms with Gasteiger partial charge in [-0.25, -0.2) is 4.98 Å². The van der Waals surface area contributed by atoms with Gasteiger partial charge in [-0.2, -0.15) is 0 Å². The number of esters is 1. The molecule has 96 valence electrons. The van der Waals surface area contributed by atoms with Gasteiger partial charge in [0.15, 0.2) is 0 Å². The summed E-state index contributed by atoms with van der Waals surface area (Å²) < 4.78 is 6.75. The molecule has 1 atom stereocenters. The number of benzene rings is 1. The van der Waals surface area contributed by atoms with Gasteiger partial charge >= 0.3 is 5.97 Å². The molecule has 1 aromatic heterocycles. The number of carbonyl (C=O) groups is 1. The summed E-state index contributed by atoms with van der Waals surface area (Å²) in [5, 5.41) is 0. The first kappa shape index (κ1) is 12.6. The van der Waals surface area contributed by atoms with Gasteiger partial charge in [0.2, 0.25) is 0 Å². The van der Waals surface area contributed by atoms with E-state index in [1.807, 2.05) is 11.5 Å². The Morgan fingerprint density at radius 2 is 2.06 bits per heavy atom. The SMILES string of the molecule is COC(=O)C(C)Cn1cnc2cc(C)c(C)cc21. The fourth-order valence-electron chi connectivity index (χ4n) is 2.03. The summed E-state index contributed by atoms with van der Waals surface area (Å²) in [4.78, 5) is 15.8. The van der Waals surface area contributed by atoms with Crippen LogP contribution in [0, 0.1) is 19.8 Å². The smallest absolute Gasteiger partial charge is 0.310 e. The number of ether oxygens (including phenoxy) is 1. The number of hydrogen-bond donors (Lipinski definition) is 0. The van der Waals surface area contributed by atoms with Crippen LogP contribution in [-0.2, 0) is 16.1 Å². The molecule has 0 saturated heterocycles. The molecule has 0 N–H and O–H groups in total. The number of aromatic nitrogens is 2. The number of imidazole rings is 1. The third-order valence-electron chi connectivity index (χ3n) is 3.31. The predicted molar refractivity (Wildman–Crippen MR) is 70.4 cm³/mol. The molecule has 0 radical (unpaired) electrons. The second kappa shape index (κ2) is 4.80. The molecule has 4 heteroatoms. The van der Waals surface area contributed by atoms with Crippen LogP contribution in [0.4, 0.5) is 0 Å². The number of aryl methyl sites for hydroxylation is 2. The molecule has 2 aromatic rings. The number of rotatable bonds is 3. The van der Waals surface area contributed by atoms with Crippen LogP contribution in [0.1, 0.15) is 18.1 Å². The lowest BCUT2D eigenvalue weighted by Crippen LogP contribution is -2.18. The summed E-state index contributed by atoms with van der Waals surface area (Å²) in [5.74, 6) is -0.366. The van der Waals surface area contributed by atoms with Gasteiger partial charge in [-0.15, -0.1) is 0 Å². The molecular formula is C14H18N2O2. The zero-order valence-corrected chi connectivity index (χ0v) is 11.2. The first-order valence-electron chi connectivity index (χ1n) is 6.03. The van der Waals surface area contributed by atoms with Crippen molar-refractivity contribution in [2.45, 2.75) is 27.3 Å². The van der Waals surface area contributed by atoms with E-state index in [4.69, 9.17) is 4.74 Å². The number of hydrogen-bond acceptors (Lipinski definition) is 3. The van der Waals surface area contributed by atoms with Crippen molar-refractivity contribution in [2.75, 3.05) is 7.11 Å². The monoisotopic (exact) mass is 246 g/mol. The average molecular weight is 246 g/mol. The molecule has 0 aliphatic heterocycles. The van der Waals surface area contributed by atoms with Crippen molar-refractivity contribution in [3.05, 3.63) is 29.6 Å². The normalized spacial score (nSPS) is 12.7. The molecule has 0 fully saturated rings. The zero-order chi connectivity index (χ0) is 13.3. The van der Waals surface area contributed by atoms with E-state index in [0.29, 0.717) is 6.54 Å². The maximum atomic E-state index is 11.4. The van der Waals surface area contributed by atoms with Gasteiger partial charge in [-0.1, -0.05) is 6.92 Å². The minimum atomic E-state index is -0.194. The Morgan fingerprint density at radius 3 is 2.72 bits per heavy atom. The molecule has 0 aliphatic rings. The van der Waals surface area contributed by atoms with E-state index >= 15 is 0 Å². The average Bonchev–Trinajstić information content (AvgIpc) is 2.71. The van der Waals surface area contributed by atoms with E-state index in [1.54, 1.807) is 6.33 Å². The fourth-order valence-corrected chi connectivity index (χ4v) is 2.03. The molecule has 2 rings (SSSR count). The molecule has 18 heavy (non-hydrogen) atoms. The maximum absolute atomic E-state index is 11.4. The van der Waals surface area contributed by atoms with Crippen molar-refractivity contribution < 1.29 is 9.53 Å². The Balaban J connectivity index is 2.35. The quantitative estimate of drug-likeness (QED) is 0.781. The largest absolute Gasteiger partial charge is 0.469 e. The van der Waals surface area contributed by atoms with Gasteiger partial charge < -0.3 is 9.30 Å². The molecule has 1 heterocycles. The Labute approximate surface area is 107 Å². The highest BCUT2D eigenvalue weighted by Gasteiger charge is 2.15. The second-order valence-corrected chi connectivity index (χ2v) is 4.75. The van der Waals surface area contributed by atoms with Crippen LogP contribution < -0.4 is 0 Å². The Morgan fingerprint density at radius 1 is 1.39 bits per heavy atom. The number of methoxy groups -OCH3 is 1. The molecule has 0 amide bonds. The molecule has 0 bridgehead atoms. The minimum absolute atomic E-state index is 0.172. The lowest BCUT2D eigenvalue weighted by molar-refractivity contribution is -0.145. The van der Waals surface area contributed by atoms with E-state index in [9.17, 15) is 4.79 Å². The van der Waals surface area contributed by atoms with E-state index in [1.165, 1.54) is 18.2 Å². The van der Waals surface area contributed by atoms with Crippen molar-refractivity contribution in [1.29, 1.82) is 0 Å². The topological polar surface area (TPSA) is 44.1 Å². The van der Waals surface area contributed by atoms with Crippen LogP contribution in [0.25, 0.3) is 11.0 Å². The standard InChI is InChI=1S/C14H18N2O2/c1-9-5-12-13(6-10(9)2)16(8-15-12)7-11(3)14(17)18-4/h5-6,8,11H,7H2,1-4H3. The van der Waals surface area contributed by atoms with E-state index < -0.39 is 0 Å². The van der Waals surface area contributed by atoms with E-state index in [0.717, 1.165) is 11.0 Å². The van der Waals surface area contributed by atoms with Gasteiger partial charge in [-0.3, -0.25) is 4.79 Å². The zero-order valence-electron chi connectivity index (χ0n) is 11.2. The highest BCUT2D eigenvalue weighted by molar-refractivity contribution is 5.78. The van der Waals surface area contributed by atoms with Crippen molar-refractivity contribution in [2.24, 2.45) is 5.92 Å². The molecular weight excluding hydrogens is 228 g/mol. The van der Waals surface area contributed by atoms with Crippen LogP contribution in [0.15, 0.2) is 18.5 Å². The Kier molecular flexibility index (Phi) is 3.36. The van der Waals surface area contributed by atoms with Crippen LogP contribution >= 0.6 is 0 Å². The van der Waals surface area contributed by atoms with Gasteiger partial charge in [0.25, 0.3) is 0 Å². The third-order valence-corrected chi connectivity index (χ3v) is 3.31. The Bertz CT molecular complexity index is 587. The minimum Gasteiger partial charge on any atom is -0.469 e. The van der Waals surface area contributed by atoms with E-state index in [2.05, 4.69) is 31.0 Å². The van der Waals surface area contributed by atoms with Crippen molar-refractivity contribution in [3.8, 4) is 0 Å². The maximum Gasteiger partial charge on any atom is 0.310 e. The first-order valence-corrected chi connectivity index (χ1v) is 6.03. The summed E-state index contributed by atoms with van der Waals surface area (Å²) in [6.07, 6.45) is 1.78. The molecule has 4 nitrogen and oxygen atoms in total. The summed E-state index contributed by atoms with van der Waals surface area (Å²) in [5.41, 5.74) is 4.49. The first-order chi connectivity index (χ1) is 8.52. The fraction of sp³-hybridized carbons (Fsp3) is 0.429. The number of fused-ring (bicyclic) bond motifs is 1. The molecule has 1 aromatic carbocycles. The van der Waals surface area contributed by atoms with Gasteiger partial charge in [0.05, 0.1) is 30.4 Å². The van der Waals surface area contributed by atoms with Gasteiger partial charge in [0, 0.05) is 6.54 Å². The van der Waals surface area contributed by atoms with Crippen LogP contribution in [0.2, 0.25) is 0 Å². The predicted octanol–water partition coefficient (Wildman–Crippen LogP) is 2.46. The highest BCUT2D eigenvalue weighted by Crippen LogP contribution is 2.19. The summed E-state index contributed by atoms with van der Waals surface area (Å²) >= 11 is 0. The van der Waals surface area contributed by atoms with Gasteiger partial charge in [0.1, 0.15) is 0 Å². The summed E-state index contributed by atoms with van der Waals surface area (Å²) in [7, 11) is 1.42. The number of carbonyl (C=O) groups excluding carboxylic acids is 1. The summed E-state index contributed by atoms with van der Waals surface area (Å²) in [6, 6.07) is 4.19. The third kappa shape index (κ3) is 2.23. The molecule has 0 spiro atoms. The van der Waals surface area contributed by atoms with Crippen LogP contribution in [-0.4, -0.2) is 22.6 Å². The lowest BCUT2D eigenvalue weighted by atomic mass is 10.1. The van der Waals surface area contributed by atoms with Crippen molar-refractivity contribution >= 4 is 17.0 Å². The second-order valence-electron chi connectivity index (χ2n) is 4.75. The van der Waals surface area contributed by atoms with Gasteiger partial charge in [-0.05, 0) is 37.1 Å². The Hall–Kier alpha value is -1.84. The highest BCUT2D eigenvalue weighted by atomic mass is 16.5. The summed E-state index contributed by atoms with van der Waals surface area (Å²) in [6.45, 7) is 6.60. The molecule has 0 saturated carbocycles. The molecule has 0 aliphatic carbocycles. The molecule has 1 unspecified atom stereocenters. The van der Waals surface area contributed by atoms with E-state index in [-0.39, 0.29) is 11.9 Å². The van der Waals surface area contributed by atoms with Crippen molar-refractivity contribution in [1.82, 2.24) is 9.55 Å². The number of nitrogens with zero attached hydrogens (tertiary/aromatic N) is 2. The van der Waals surface area contributed by atoms with Crippen molar-refractivity contribution in [3.63, 3.8) is 0 Å². The lowest BCUT2D eigenvalue weighted by Gasteiger charge is -2.11. The van der Waals surface area contributed by atoms with Crippen LogP contribution in [0.5, 0.6) is 0 Å².